The number of nitro benzene ring substituents is 1. The Bertz CT molecular complexity index is 655. The topological polar surface area (TPSA) is 94.1 Å². The minimum absolute atomic E-state index is 0.0252. The third-order valence-electron chi connectivity index (χ3n) is 3.40. The summed E-state index contributed by atoms with van der Waals surface area (Å²) in [5, 5.41) is 14.7. The Morgan fingerprint density at radius 1 is 1.52 bits per heavy atom. The number of nitro groups is 1. The lowest BCUT2D eigenvalue weighted by atomic mass is 9.90. The van der Waals surface area contributed by atoms with Crippen molar-refractivity contribution in [1.82, 2.24) is 4.98 Å². The molecule has 0 radical (unpaired) electrons. The first-order chi connectivity index (χ1) is 9.86. The van der Waals surface area contributed by atoms with Crippen LogP contribution in [0.5, 0.6) is 0 Å². The lowest BCUT2D eigenvalue weighted by Gasteiger charge is -2.32. The Labute approximate surface area is 127 Å². The summed E-state index contributed by atoms with van der Waals surface area (Å²) in [5.74, 6) is 0.438. The van der Waals surface area contributed by atoms with E-state index in [4.69, 9.17) is 5.73 Å². The fourth-order valence-electron chi connectivity index (χ4n) is 2.61. The van der Waals surface area contributed by atoms with Crippen LogP contribution in [0.2, 0.25) is 0 Å². The molecule has 0 saturated heterocycles. The lowest BCUT2D eigenvalue weighted by Crippen LogP contribution is -2.43. The minimum atomic E-state index is -0.386. The van der Waals surface area contributed by atoms with E-state index in [0.29, 0.717) is 23.7 Å². The van der Waals surface area contributed by atoms with Gasteiger partial charge >= 0.3 is 5.69 Å². The Morgan fingerprint density at radius 2 is 2.24 bits per heavy atom. The van der Waals surface area contributed by atoms with Crippen LogP contribution in [0.1, 0.15) is 27.2 Å². The van der Waals surface area contributed by atoms with E-state index >= 15 is 0 Å². The number of nitrogens with one attached hydrogen (secondary N) is 1. The molecule has 0 aliphatic rings. The molecule has 7 heteroatoms. The summed E-state index contributed by atoms with van der Waals surface area (Å²) in [6.07, 6.45) is 0.829. The highest BCUT2D eigenvalue weighted by molar-refractivity contribution is 7.16. The number of anilines is 1. The molecule has 3 N–H and O–H groups in total. The normalized spacial score (nSPS) is 14.3. The summed E-state index contributed by atoms with van der Waals surface area (Å²) < 4.78 is 0.811. The van der Waals surface area contributed by atoms with Crippen LogP contribution in [0.25, 0.3) is 10.2 Å². The molecule has 1 atom stereocenters. The van der Waals surface area contributed by atoms with Crippen molar-refractivity contribution in [2.24, 2.45) is 11.7 Å². The number of aromatic nitrogens is 1. The van der Waals surface area contributed by atoms with Gasteiger partial charge in [-0.05, 0) is 31.4 Å². The highest BCUT2D eigenvalue weighted by Gasteiger charge is 2.28. The van der Waals surface area contributed by atoms with E-state index in [0.717, 1.165) is 11.1 Å². The number of nitrogens with zero attached hydrogens (tertiary/aromatic N) is 2. The van der Waals surface area contributed by atoms with E-state index in [1.54, 1.807) is 11.6 Å². The van der Waals surface area contributed by atoms with Gasteiger partial charge in [0.15, 0.2) is 5.52 Å². The molecule has 2 aromatic rings. The minimum Gasteiger partial charge on any atom is -0.373 e. The van der Waals surface area contributed by atoms with E-state index < -0.39 is 0 Å². The first-order valence-electron chi connectivity index (χ1n) is 6.85. The van der Waals surface area contributed by atoms with Gasteiger partial charge in [0.25, 0.3) is 0 Å². The fourth-order valence-corrected chi connectivity index (χ4v) is 3.29. The second-order valence-electron chi connectivity index (χ2n) is 5.91. The quantitative estimate of drug-likeness (QED) is 0.630. The molecule has 1 aromatic heterocycles. The van der Waals surface area contributed by atoms with Gasteiger partial charge < -0.3 is 11.1 Å². The molecule has 0 aliphatic heterocycles. The summed E-state index contributed by atoms with van der Waals surface area (Å²) >= 11 is 1.39. The maximum absolute atomic E-state index is 11.4. The molecule has 1 aromatic carbocycles. The average Bonchev–Trinajstić information content (AvgIpc) is 2.85. The van der Waals surface area contributed by atoms with Gasteiger partial charge in [0.1, 0.15) is 5.69 Å². The zero-order chi connectivity index (χ0) is 15.6. The van der Waals surface area contributed by atoms with E-state index in [9.17, 15) is 10.1 Å². The van der Waals surface area contributed by atoms with Crippen molar-refractivity contribution in [3.8, 4) is 0 Å². The number of rotatable bonds is 6. The van der Waals surface area contributed by atoms with Crippen LogP contribution in [0.4, 0.5) is 11.4 Å². The van der Waals surface area contributed by atoms with Gasteiger partial charge in [-0.2, -0.15) is 0 Å². The first-order valence-corrected chi connectivity index (χ1v) is 7.73. The van der Waals surface area contributed by atoms with Crippen LogP contribution in [-0.2, 0) is 0 Å². The third-order valence-corrected chi connectivity index (χ3v) is 4.20. The molecule has 0 saturated carbocycles. The lowest BCUT2D eigenvalue weighted by molar-refractivity contribution is -0.382. The van der Waals surface area contributed by atoms with Gasteiger partial charge in [-0.1, -0.05) is 13.8 Å². The van der Waals surface area contributed by atoms with Crippen molar-refractivity contribution in [3.05, 3.63) is 27.8 Å². The summed E-state index contributed by atoms with van der Waals surface area (Å²) in [7, 11) is 0. The number of thiazole rings is 1. The molecule has 6 nitrogen and oxygen atoms in total. The van der Waals surface area contributed by atoms with Gasteiger partial charge in [0.05, 0.1) is 15.1 Å². The summed E-state index contributed by atoms with van der Waals surface area (Å²) in [6.45, 7) is 6.60. The zero-order valence-electron chi connectivity index (χ0n) is 12.4. The molecule has 0 fully saturated rings. The maximum atomic E-state index is 11.4. The molecule has 1 unspecified atom stereocenters. The van der Waals surface area contributed by atoms with E-state index in [2.05, 4.69) is 24.1 Å². The second kappa shape index (κ2) is 5.95. The fraction of sp³-hybridized carbons (Fsp3) is 0.500. The van der Waals surface area contributed by atoms with E-state index in [1.807, 2.05) is 13.0 Å². The smallest absolute Gasteiger partial charge is 0.319 e. The SMILES string of the molecule is CC(C)CC(C)(CN)Nc1ccc2scnc2c1[N+](=O)[O-]. The number of fused-ring (bicyclic) bond motifs is 1. The Morgan fingerprint density at radius 3 is 2.81 bits per heavy atom. The Kier molecular flexibility index (Phi) is 4.43. The van der Waals surface area contributed by atoms with Crippen LogP contribution >= 0.6 is 11.3 Å². The van der Waals surface area contributed by atoms with Crippen LogP contribution in [0.15, 0.2) is 17.6 Å². The zero-order valence-corrected chi connectivity index (χ0v) is 13.2. The molecule has 1 heterocycles. The van der Waals surface area contributed by atoms with Crippen LogP contribution in [0, 0.1) is 16.0 Å². The van der Waals surface area contributed by atoms with Gasteiger partial charge in [0.2, 0.25) is 0 Å². The van der Waals surface area contributed by atoms with Crippen molar-refractivity contribution in [2.75, 3.05) is 11.9 Å². The first kappa shape index (κ1) is 15.7. The number of benzene rings is 1. The van der Waals surface area contributed by atoms with E-state index in [-0.39, 0.29) is 16.1 Å². The number of hydrogen-bond donors (Lipinski definition) is 2. The van der Waals surface area contributed by atoms with Gasteiger partial charge in [-0.25, -0.2) is 4.98 Å². The van der Waals surface area contributed by atoms with Crippen molar-refractivity contribution in [1.29, 1.82) is 0 Å². The van der Waals surface area contributed by atoms with Crippen molar-refractivity contribution in [2.45, 2.75) is 32.7 Å². The highest BCUT2D eigenvalue weighted by atomic mass is 32.1. The standard InChI is InChI=1S/C14H20N4O2S/c1-9(2)6-14(3,7-15)17-10-4-5-11-12(16-8-21-11)13(10)18(19)20/h4-5,8-9,17H,6-7,15H2,1-3H3. The van der Waals surface area contributed by atoms with Crippen molar-refractivity contribution in [3.63, 3.8) is 0 Å². The molecule has 0 aliphatic carbocycles. The monoisotopic (exact) mass is 308 g/mol. The highest BCUT2D eigenvalue weighted by Crippen LogP contribution is 2.36. The Balaban J connectivity index is 2.45. The van der Waals surface area contributed by atoms with Crippen molar-refractivity contribution < 1.29 is 4.92 Å². The predicted molar refractivity (Wildman–Crippen MR) is 86.8 cm³/mol. The van der Waals surface area contributed by atoms with Gasteiger partial charge in [-0.15, -0.1) is 11.3 Å². The summed E-state index contributed by atoms with van der Waals surface area (Å²) in [4.78, 5) is 15.2. The molecule has 0 amide bonds. The average molecular weight is 308 g/mol. The van der Waals surface area contributed by atoms with Crippen LogP contribution in [0.3, 0.4) is 0 Å². The predicted octanol–water partition coefficient (Wildman–Crippen LogP) is 3.38. The van der Waals surface area contributed by atoms with E-state index in [1.165, 1.54) is 11.3 Å². The third kappa shape index (κ3) is 3.30. The Hall–Kier alpha value is -1.73. The van der Waals surface area contributed by atoms with Gasteiger partial charge in [-0.3, -0.25) is 10.1 Å². The molecular formula is C14H20N4O2S. The van der Waals surface area contributed by atoms with Crippen LogP contribution in [-0.4, -0.2) is 22.0 Å². The van der Waals surface area contributed by atoms with Crippen LogP contribution < -0.4 is 11.1 Å². The molecule has 114 valence electrons. The number of hydrogen-bond acceptors (Lipinski definition) is 6. The van der Waals surface area contributed by atoms with Gasteiger partial charge in [0, 0.05) is 12.1 Å². The molecular weight excluding hydrogens is 288 g/mol. The molecule has 21 heavy (non-hydrogen) atoms. The summed E-state index contributed by atoms with van der Waals surface area (Å²) in [6, 6.07) is 3.60. The number of nitrogens with two attached hydrogens (primary N) is 1. The molecule has 0 spiro atoms. The molecule has 2 rings (SSSR count). The summed E-state index contributed by atoms with van der Waals surface area (Å²) in [5.41, 5.74) is 8.05. The second-order valence-corrected chi connectivity index (χ2v) is 6.79. The maximum Gasteiger partial charge on any atom is 0.319 e. The van der Waals surface area contributed by atoms with Crippen molar-refractivity contribution >= 4 is 32.9 Å². The molecule has 0 bridgehead atoms. The largest absolute Gasteiger partial charge is 0.373 e.